The number of benzene rings is 1. The topological polar surface area (TPSA) is 56.5 Å². The Labute approximate surface area is 89.4 Å². The monoisotopic (exact) mass is 207 g/mol. The molecule has 1 fully saturated rings. The summed E-state index contributed by atoms with van der Waals surface area (Å²) in [5, 5.41) is 3.30. The minimum absolute atomic E-state index is 0.0845. The van der Waals surface area contributed by atoms with Crippen molar-refractivity contribution in [2.45, 2.75) is 12.5 Å². The van der Waals surface area contributed by atoms with E-state index in [0.717, 1.165) is 17.9 Å². The summed E-state index contributed by atoms with van der Waals surface area (Å²) < 4.78 is 10.4. The van der Waals surface area contributed by atoms with Crippen LogP contribution in [-0.2, 0) is 4.74 Å². The minimum Gasteiger partial charge on any atom is -0.495 e. The van der Waals surface area contributed by atoms with Gasteiger partial charge in [0.15, 0.2) is 6.23 Å². The van der Waals surface area contributed by atoms with Crippen molar-refractivity contribution in [1.82, 2.24) is 0 Å². The molecule has 15 heavy (non-hydrogen) atoms. The van der Waals surface area contributed by atoms with Gasteiger partial charge in [-0.3, -0.25) is 5.73 Å². The molecule has 1 radical (unpaired) electrons. The molecule has 0 amide bonds. The predicted molar refractivity (Wildman–Crippen MR) is 58.4 cm³/mol. The van der Waals surface area contributed by atoms with E-state index in [2.05, 4.69) is 5.32 Å². The van der Waals surface area contributed by atoms with Crippen LogP contribution in [0, 0.1) is 6.23 Å². The molecule has 1 aromatic rings. The van der Waals surface area contributed by atoms with Gasteiger partial charge in [0.2, 0.25) is 0 Å². The summed E-state index contributed by atoms with van der Waals surface area (Å²) in [6.45, 7) is 0.679. The van der Waals surface area contributed by atoms with Crippen LogP contribution in [0.15, 0.2) is 24.3 Å². The summed E-state index contributed by atoms with van der Waals surface area (Å²) in [6, 6.07) is 7.85. The summed E-state index contributed by atoms with van der Waals surface area (Å²) >= 11 is 0. The number of methoxy groups -OCH3 is 1. The van der Waals surface area contributed by atoms with Crippen molar-refractivity contribution in [3.8, 4) is 5.75 Å². The van der Waals surface area contributed by atoms with Crippen LogP contribution in [0.5, 0.6) is 5.75 Å². The van der Waals surface area contributed by atoms with E-state index in [1.807, 2.05) is 24.3 Å². The molecule has 0 aromatic heterocycles. The standard InChI is InChI=1S/C11H15N2O2/c1-14-10-5-3-2-4-8(10)13-9-6-7-15-11(9)12/h2-5,9,13H,6-7,12H2,1H3. The van der Waals surface area contributed by atoms with Crippen LogP contribution in [-0.4, -0.2) is 19.8 Å². The highest BCUT2D eigenvalue weighted by atomic mass is 16.5. The molecule has 0 aliphatic carbocycles. The molecule has 1 unspecified atom stereocenters. The smallest absolute Gasteiger partial charge is 0.181 e. The Balaban J connectivity index is 2.09. The van der Waals surface area contributed by atoms with Crippen LogP contribution in [0.1, 0.15) is 6.42 Å². The zero-order valence-corrected chi connectivity index (χ0v) is 8.69. The van der Waals surface area contributed by atoms with E-state index < -0.39 is 0 Å². The van der Waals surface area contributed by atoms with Crippen LogP contribution in [0.4, 0.5) is 5.69 Å². The lowest BCUT2D eigenvalue weighted by Gasteiger charge is -2.17. The number of nitrogens with one attached hydrogen (secondary N) is 1. The second kappa shape index (κ2) is 4.51. The maximum absolute atomic E-state index is 5.71. The number of hydrogen-bond acceptors (Lipinski definition) is 4. The SMILES string of the molecule is COc1ccccc1NC1CCO[C]1N. The number of hydrogen-bond donors (Lipinski definition) is 2. The number of anilines is 1. The van der Waals surface area contributed by atoms with E-state index in [0.29, 0.717) is 12.8 Å². The average molecular weight is 207 g/mol. The van der Waals surface area contributed by atoms with Crippen LogP contribution in [0.25, 0.3) is 0 Å². The number of nitrogens with two attached hydrogens (primary N) is 1. The molecule has 3 N–H and O–H groups in total. The highest BCUT2D eigenvalue weighted by Gasteiger charge is 2.26. The van der Waals surface area contributed by atoms with Gasteiger partial charge in [0.25, 0.3) is 0 Å². The Hall–Kier alpha value is -1.26. The van der Waals surface area contributed by atoms with E-state index >= 15 is 0 Å². The fraction of sp³-hybridized carbons (Fsp3) is 0.364. The first kappa shape index (κ1) is 10.3. The Bertz CT molecular complexity index is 330. The fourth-order valence-corrected chi connectivity index (χ4v) is 1.63. The summed E-state index contributed by atoms with van der Waals surface area (Å²) in [7, 11) is 1.65. The third-order valence-electron chi connectivity index (χ3n) is 2.46. The van der Waals surface area contributed by atoms with Gasteiger partial charge in [-0.15, -0.1) is 0 Å². The van der Waals surface area contributed by atoms with E-state index in [9.17, 15) is 0 Å². The molecule has 2 rings (SSSR count). The van der Waals surface area contributed by atoms with E-state index in [-0.39, 0.29) is 6.04 Å². The molecule has 1 saturated heterocycles. The van der Waals surface area contributed by atoms with E-state index in [4.69, 9.17) is 15.2 Å². The third-order valence-corrected chi connectivity index (χ3v) is 2.46. The van der Waals surface area contributed by atoms with E-state index in [1.54, 1.807) is 7.11 Å². The van der Waals surface area contributed by atoms with Gasteiger partial charge in [-0.25, -0.2) is 0 Å². The molecule has 1 heterocycles. The molecule has 81 valence electrons. The normalized spacial score (nSPS) is 21.6. The Kier molecular flexibility index (Phi) is 3.08. The maximum atomic E-state index is 5.71. The number of rotatable bonds is 3. The second-order valence-corrected chi connectivity index (χ2v) is 3.44. The Morgan fingerprint density at radius 1 is 1.47 bits per heavy atom. The molecule has 1 aliphatic heterocycles. The van der Waals surface area contributed by atoms with Crippen molar-refractivity contribution < 1.29 is 9.47 Å². The van der Waals surface area contributed by atoms with Crippen LogP contribution in [0.2, 0.25) is 0 Å². The van der Waals surface area contributed by atoms with Crippen molar-refractivity contribution >= 4 is 5.69 Å². The lowest BCUT2D eigenvalue weighted by atomic mass is 10.2. The van der Waals surface area contributed by atoms with Crippen molar-refractivity contribution in [1.29, 1.82) is 0 Å². The quantitative estimate of drug-likeness (QED) is 0.785. The molecule has 0 spiro atoms. The van der Waals surface area contributed by atoms with Gasteiger partial charge < -0.3 is 14.8 Å². The van der Waals surface area contributed by atoms with Crippen LogP contribution >= 0.6 is 0 Å². The van der Waals surface area contributed by atoms with Gasteiger partial charge in [-0.1, -0.05) is 12.1 Å². The van der Waals surface area contributed by atoms with Gasteiger partial charge in [0.1, 0.15) is 5.75 Å². The Morgan fingerprint density at radius 2 is 2.27 bits per heavy atom. The first-order chi connectivity index (χ1) is 7.31. The van der Waals surface area contributed by atoms with Gasteiger partial charge in [-0.2, -0.15) is 0 Å². The summed E-state index contributed by atoms with van der Waals surface area (Å²) in [5.41, 5.74) is 6.65. The molecular formula is C11H15N2O2. The molecule has 0 bridgehead atoms. The first-order valence-corrected chi connectivity index (χ1v) is 4.96. The summed E-state index contributed by atoms with van der Waals surface area (Å²) in [6.07, 6.45) is 1.45. The lowest BCUT2D eigenvalue weighted by molar-refractivity contribution is 0.196. The van der Waals surface area contributed by atoms with Crippen LogP contribution in [0.3, 0.4) is 0 Å². The summed E-state index contributed by atoms with van der Waals surface area (Å²) in [4.78, 5) is 0. The van der Waals surface area contributed by atoms with Crippen molar-refractivity contribution in [3.05, 3.63) is 30.5 Å². The van der Waals surface area contributed by atoms with Gasteiger partial charge in [-0.05, 0) is 18.6 Å². The zero-order chi connectivity index (χ0) is 10.7. The van der Waals surface area contributed by atoms with E-state index in [1.165, 1.54) is 0 Å². The van der Waals surface area contributed by atoms with Crippen molar-refractivity contribution in [3.63, 3.8) is 0 Å². The molecule has 1 aliphatic rings. The predicted octanol–water partition coefficient (Wildman–Crippen LogP) is 1.34. The molecule has 1 atom stereocenters. The highest BCUT2D eigenvalue weighted by molar-refractivity contribution is 5.57. The highest BCUT2D eigenvalue weighted by Crippen LogP contribution is 2.27. The first-order valence-electron chi connectivity index (χ1n) is 4.96. The van der Waals surface area contributed by atoms with Crippen LogP contribution < -0.4 is 15.8 Å². The van der Waals surface area contributed by atoms with Crippen molar-refractivity contribution in [2.75, 3.05) is 19.0 Å². The second-order valence-electron chi connectivity index (χ2n) is 3.44. The fourth-order valence-electron chi connectivity index (χ4n) is 1.63. The Morgan fingerprint density at radius 3 is 2.93 bits per heavy atom. The summed E-state index contributed by atoms with van der Waals surface area (Å²) in [5.74, 6) is 0.817. The third kappa shape index (κ3) is 2.22. The molecular weight excluding hydrogens is 192 g/mol. The zero-order valence-electron chi connectivity index (χ0n) is 8.69. The van der Waals surface area contributed by atoms with Crippen molar-refractivity contribution in [2.24, 2.45) is 5.73 Å². The van der Waals surface area contributed by atoms with Gasteiger partial charge in [0.05, 0.1) is 25.4 Å². The minimum atomic E-state index is 0.0845. The molecule has 4 nitrogen and oxygen atoms in total. The number of para-hydroxylation sites is 2. The lowest BCUT2D eigenvalue weighted by Crippen LogP contribution is -2.28. The molecule has 1 aromatic carbocycles. The largest absolute Gasteiger partial charge is 0.495 e. The van der Waals surface area contributed by atoms with Gasteiger partial charge in [0, 0.05) is 0 Å². The number of ether oxygens (including phenoxy) is 2. The average Bonchev–Trinajstić information content (AvgIpc) is 2.65. The van der Waals surface area contributed by atoms with Gasteiger partial charge >= 0.3 is 0 Å². The maximum Gasteiger partial charge on any atom is 0.181 e. The molecule has 4 heteroatoms. The molecule has 0 saturated carbocycles.